The van der Waals surface area contributed by atoms with E-state index in [1.807, 2.05) is 12.1 Å². The van der Waals surface area contributed by atoms with Gasteiger partial charge in [-0.25, -0.2) is 8.42 Å². The van der Waals surface area contributed by atoms with Crippen LogP contribution in [0.4, 0.5) is 0 Å². The highest BCUT2D eigenvalue weighted by Gasteiger charge is 2.54. The molecule has 1 unspecified atom stereocenters. The number of hydrogen-bond acceptors (Lipinski definition) is 6. The summed E-state index contributed by atoms with van der Waals surface area (Å²) in [6, 6.07) is 14.1. The zero-order valence-corrected chi connectivity index (χ0v) is 27.1. The van der Waals surface area contributed by atoms with Crippen LogP contribution in [0.15, 0.2) is 53.4 Å². The van der Waals surface area contributed by atoms with Gasteiger partial charge in [-0.15, -0.1) is 0 Å². The number of nitrogens with one attached hydrogen (secondary N) is 1. The van der Waals surface area contributed by atoms with Gasteiger partial charge in [0.15, 0.2) is 9.84 Å². The number of amides is 3. The van der Waals surface area contributed by atoms with Gasteiger partial charge < -0.3 is 15.1 Å². The Bertz CT molecular complexity index is 1410. The summed E-state index contributed by atoms with van der Waals surface area (Å²) in [4.78, 5) is 48.6. The number of sulfone groups is 1. The number of likely N-dealkylation sites (N-methyl/N-ethyl adjacent to an activating group) is 1. The Balaban J connectivity index is 0.000000265. The molecule has 2 aliphatic carbocycles. The molecule has 0 radical (unpaired) electrons. The summed E-state index contributed by atoms with van der Waals surface area (Å²) in [6.45, 7) is 4.70. The molecule has 5 rings (SSSR count). The smallest absolute Gasteiger partial charge is 0.291 e. The van der Waals surface area contributed by atoms with Crippen molar-refractivity contribution in [1.82, 2.24) is 15.1 Å². The monoisotopic (exact) mass is 651 g/mol. The third kappa shape index (κ3) is 8.58. The Kier molecular flexibility index (Phi) is 12.2. The first-order valence-corrected chi connectivity index (χ1v) is 16.7. The number of Topliss-reactive ketones (excluding diaryl/α,β-unsaturated/α-hetero) is 1. The molecule has 234 valence electrons. The second-order valence-corrected chi connectivity index (χ2v) is 14.0. The molecular formula is C31H39Cl2N3O6S. The molecule has 3 fully saturated rings. The van der Waals surface area contributed by atoms with Gasteiger partial charge >= 0.3 is 0 Å². The Morgan fingerprint density at radius 2 is 1.63 bits per heavy atom. The SMILES string of the molecule is CCC.CN(C(=O)C(=O)CNC=O)C1CC1.O=C(N1CCC(S(=O)(=O)c2ccccc2Cl)C1)C1(c2ccc(Cl)cc2)CC1. The summed E-state index contributed by atoms with van der Waals surface area (Å²) >= 11 is 12.0. The molecule has 3 amide bonds. The normalized spacial score (nSPS) is 18.3. The standard InChI is InChI=1S/C20H19Cl2NO3S.C8H12N2O3.C3H8/c21-15-7-5-14(6-8-15)20(10-11-20)19(24)23-12-9-16(13-23)27(25,26)18-4-2-1-3-17(18)22;1-10(6-2-3-6)8(13)7(12)4-9-5-11;1-3-2/h1-8,16H,9-13H2;5-6H,2-4H2,1H3,(H,9,11);3H2,1-2H3. The number of hydrogen-bond donors (Lipinski definition) is 1. The Hall–Kier alpha value is -2.95. The molecule has 2 aromatic carbocycles. The van der Waals surface area contributed by atoms with Crippen molar-refractivity contribution in [2.45, 2.75) is 74.0 Å². The molecule has 0 spiro atoms. The number of rotatable bonds is 9. The highest BCUT2D eigenvalue weighted by Crippen LogP contribution is 2.50. The van der Waals surface area contributed by atoms with Crippen molar-refractivity contribution < 1.29 is 27.6 Å². The fourth-order valence-corrected chi connectivity index (χ4v) is 7.22. The average molecular weight is 653 g/mol. The van der Waals surface area contributed by atoms with Crippen LogP contribution in [0.25, 0.3) is 0 Å². The largest absolute Gasteiger partial charge is 0.351 e. The number of carbonyl (C=O) groups excluding carboxylic acids is 4. The first kappa shape index (κ1) is 34.5. The minimum Gasteiger partial charge on any atom is -0.351 e. The Labute approximate surface area is 263 Å². The minimum absolute atomic E-state index is 0.0154. The van der Waals surface area contributed by atoms with Crippen LogP contribution in [0.3, 0.4) is 0 Å². The highest BCUT2D eigenvalue weighted by molar-refractivity contribution is 7.92. The van der Waals surface area contributed by atoms with Gasteiger partial charge in [0, 0.05) is 31.2 Å². The van der Waals surface area contributed by atoms with Gasteiger partial charge in [-0.1, -0.05) is 67.7 Å². The maximum Gasteiger partial charge on any atom is 0.291 e. The van der Waals surface area contributed by atoms with E-state index in [-0.39, 0.29) is 35.0 Å². The summed E-state index contributed by atoms with van der Waals surface area (Å²) in [7, 11) is -1.96. The lowest BCUT2D eigenvalue weighted by Gasteiger charge is -2.24. The van der Waals surface area contributed by atoms with Crippen LogP contribution in [0.2, 0.25) is 10.0 Å². The topological polar surface area (TPSA) is 121 Å². The predicted molar refractivity (Wildman–Crippen MR) is 167 cm³/mol. The molecule has 1 N–H and O–H groups in total. The van der Waals surface area contributed by atoms with E-state index in [0.717, 1.165) is 31.2 Å². The molecule has 1 atom stereocenters. The molecule has 9 nitrogen and oxygen atoms in total. The zero-order valence-electron chi connectivity index (χ0n) is 24.7. The zero-order chi connectivity index (χ0) is 31.8. The van der Waals surface area contributed by atoms with Crippen LogP contribution in [-0.2, 0) is 34.4 Å². The maximum atomic E-state index is 13.2. The van der Waals surface area contributed by atoms with Crippen molar-refractivity contribution >= 4 is 57.0 Å². The molecule has 0 aromatic heterocycles. The van der Waals surface area contributed by atoms with Gasteiger partial charge in [0.2, 0.25) is 18.1 Å². The van der Waals surface area contributed by atoms with Crippen molar-refractivity contribution in [2.75, 3.05) is 26.7 Å². The van der Waals surface area contributed by atoms with E-state index in [0.29, 0.717) is 24.4 Å². The molecule has 1 saturated heterocycles. The summed E-state index contributed by atoms with van der Waals surface area (Å²) in [5.41, 5.74) is 0.433. The summed E-state index contributed by atoms with van der Waals surface area (Å²) in [5, 5.41) is 2.40. The lowest BCUT2D eigenvalue weighted by atomic mass is 9.94. The van der Waals surface area contributed by atoms with Gasteiger partial charge in [-0.05, 0) is 61.9 Å². The highest BCUT2D eigenvalue weighted by atomic mass is 35.5. The van der Waals surface area contributed by atoms with E-state index in [1.54, 1.807) is 42.3 Å². The van der Waals surface area contributed by atoms with Gasteiger partial charge in [0.05, 0.1) is 27.1 Å². The molecule has 12 heteroatoms. The number of ketones is 1. The molecule has 43 heavy (non-hydrogen) atoms. The van der Waals surface area contributed by atoms with Crippen molar-refractivity contribution in [1.29, 1.82) is 0 Å². The van der Waals surface area contributed by atoms with E-state index in [9.17, 15) is 27.6 Å². The van der Waals surface area contributed by atoms with E-state index in [1.165, 1.54) is 17.4 Å². The van der Waals surface area contributed by atoms with Crippen LogP contribution in [0.5, 0.6) is 0 Å². The molecular weight excluding hydrogens is 613 g/mol. The van der Waals surface area contributed by atoms with E-state index >= 15 is 0 Å². The fourth-order valence-electron chi connectivity index (χ4n) is 4.88. The molecule has 0 bridgehead atoms. The summed E-state index contributed by atoms with van der Waals surface area (Å²) in [5.74, 6) is -1.07. The van der Waals surface area contributed by atoms with Crippen LogP contribution >= 0.6 is 23.2 Å². The second kappa shape index (κ2) is 15.2. The average Bonchev–Trinajstić information content (AvgIpc) is 3.93. The van der Waals surface area contributed by atoms with Crippen molar-refractivity contribution in [3.8, 4) is 0 Å². The second-order valence-electron chi connectivity index (χ2n) is 11.0. The van der Waals surface area contributed by atoms with Crippen molar-refractivity contribution in [2.24, 2.45) is 0 Å². The van der Waals surface area contributed by atoms with E-state index in [2.05, 4.69) is 19.2 Å². The predicted octanol–water partition coefficient (Wildman–Crippen LogP) is 4.44. The molecule has 1 heterocycles. The Morgan fingerprint density at radius 3 is 2.16 bits per heavy atom. The number of benzene rings is 2. The van der Waals surface area contributed by atoms with Crippen molar-refractivity contribution in [3.05, 3.63) is 64.1 Å². The fraction of sp³-hybridized carbons (Fsp3) is 0.484. The first-order chi connectivity index (χ1) is 20.4. The number of nitrogens with zero attached hydrogens (tertiary/aromatic N) is 2. The Morgan fingerprint density at radius 1 is 1.02 bits per heavy atom. The van der Waals surface area contributed by atoms with Crippen LogP contribution in [0, 0.1) is 0 Å². The van der Waals surface area contributed by atoms with Crippen LogP contribution < -0.4 is 5.32 Å². The summed E-state index contributed by atoms with van der Waals surface area (Å²) < 4.78 is 25.9. The van der Waals surface area contributed by atoms with Gasteiger partial charge in [-0.2, -0.15) is 0 Å². The maximum absolute atomic E-state index is 13.2. The van der Waals surface area contributed by atoms with Crippen molar-refractivity contribution in [3.63, 3.8) is 0 Å². The quantitative estimate of drug-likeness (QED) is 0.316. The number of halogens is 2. The van der Waals surface area contributed by atoms with Crippen LogP contribution in [-0.4, -0.2) is 80.2 Å². The third-order valence-electron chi connectivity index (χ3n) is 7.57. The number of carbonyl (C=O) groups is 4. The van der Waals surface area contributed by atoms with Gasteiger partial charge in [0.1, 0.15) is 0 Å². The van der Waals surface area contributed by atoms with Gasteiger partial charge in [-0.3, -0.25) is 19.2 Å². The lowest BCUT2D eigenvalue weighted by Crippen LogP contribution is -2.39. The molecule has 1 aliphatic heterocycles. The van der Waals surface area contributed by atoms with Crippen LogP contribution in [0.1, 0.15) is 57.9 Å². The molecule has 2 saturated carbocycles. The minimum atomic E-state index is -3.57. The van der Waals surface area contributed by atoms with Gasteiger partial charge in [0.25, 0.3) is 5.91 Å². The van der Waals surface area contributed by atoms with E-state index < -0.39 is 32.2 Å². The first-order valence-electron chi connectivity index (χ1n) is 14.4. The lowest BCUT2D eigenvalue weighted by molar-refractivity contribution is -0.143. The molecule has 3 aliphatic rings. The van der Waals surface area contributed by atoms with E-state index in [4.69, 9.17) is 23.2 Å². The third-order valence-corrected chi connectivity index (χ3v) is 10.5. The molecule has 2 aromatic rings. The summed E-state index contributed by atoms with van der Waals surface area (Å²) in [6.07, 6.45) is 5.59. The number of likely N-dealkylation sites (tertiary alicyclic amines) is 1.